The highest BCUT2D eigenvalue weighted by molar-refractivity contribution is 5.92. The first-order valence-electron chi connectivity index (χ1n) is 9.09. The van der Waals surface area contributed by atoms with Crippen molar-refractivity contribution in [1.29, 1.82) is 0 Å². The minimum absolute atomic E-state index is 0.00766. The van der Waals surface area contributed by atoms with E-state index in [4.69, 9.17) is 4.74 Å². The Morgan fingerprint density at radius 1 is 1.33 bits per heavy atom. The van der Waals surface area contributed by atoms with Gasteiger partial charge < -0.3 is 15.0 Å². The van der Waals surface area contributed by atoms with Crippen molar-refractivity contribution in [2.24, 2.45) is 7.05 Å². The fourth-order valence-corrected chi connectivity index (χ4v) is 3.01. The molecule has 0 radical (unpaired) electrons. The van der Waals surface area contributed by atoms with E-state index in [-0.39, 0.29) is 18.4 Å². The maximum atomic E-state index is 12.2. The average molecular weight is 371 g/mol. The number of fused-ring (bicyclic) bond motifs is 1. The molecule has 0 bridgehead atoms. The molecular weight excluding hydrogens is 346 g/mol. The van der Waals surface area contributed by atoms with Gasteiger partial charge in [-0.15, -0.1) is 0 Å². The Balaban J connectivity index is 1.62. The average Bonchev–Trinajstić information content (AvgIpc) is 3.02. The summed E-state index contributed by atoms with van der Waals surface area (Å²) in [4.78, 5) is 30.7. The number of carbonyl (C=O) groups excluding carboxylic acids is 2. The molecule has 1 aliphatic heterocycles. The maximum absolute atomic E-state index is 12.2. The number of nitrogens with zero attached hydrogens (tertiary/aromatic N) is 4. The molecule has 0 aliphatic carbocycles. The Morgan fingerprint density at radius 2 is 2.15 bits per heavy atom. The van der Waals surface area contributed by atoms with Gasteiger partial charge in [-0.25, -0.2) is 0 Å². The molecule has 8 nitrogen and oxygen atoms in total. The highest BCUT2D eigenvalue weighted by Crippen LogP contribution is 2.18. The summed E-state index contributed by atoms with van der Waals surface area (Å²) >= 11 is 0. The molecule has 2 aromatic rings. The standard InChI is InChI=1S/C19H25N5O3/c1-4-27-12-18(25)24-6-5-16-15(11-24)8-14(9-20-16)10-21-19(26)17-7-13(2)23(3)22-17/h7-9H,4-6,10-12H2,1-3H3,(H,21,26). The largest absolute Gasteiger partial charge is 0.372 e. The van der Waals surface area contributed by atoms with E-state index in [2.05, 4.69) is 15.4 Å². The van der Waals surface area contributed by atoms with E-state index in [9.17, 15) is 9.59 Å². The molecule has 1 aliphatic rings. The second-order valence-corrected chi connectivity index (χ2v) is 6.63. The fourth-order valence-electron chi connectivity index (χ4n) is 3.01. The minimum Gasteiger partial charge on any atom is -0.372 e. The van der Waals surface area contributed by atoms with E-state index in [1.165, 1.54) is 0 Å². The molecule has 0 atom stereocenters. The van der Waals surface area contributed by atoms with Gasteiger partial charge in [0, 0.05) is 57.3 Å². The molecule has 3 heterocycles. The van der Waals surface area contributed by atoms with Gasteiger partial charge >= 0.3 is 0 Å². The van der Waals surface area contributed by atoms with Crippen molar-refractivity contribution in [1.82, 2.24) is 25.0 Å². The zero-order valence-corrected chi connectivity index (χ0v) is 16.0. The van der Waals surface area contributed by atoms with E-state index in [1.54, 1.807) is 28.9 Å². The molecule has 0 fully saturated rings. The minimum atomic E-state index is -0.218. The number of amides is 2. The summed E-state index contributed by atoms with van der Waals surface area (Å²) in [6.45, 7) is 5.94. The van der Waals surface area contributed by atoms with Crippen LogP contribution in [-0.4, -0.2) is 51.2 Å². The normalized spacial score (nSPS) is 13.4. The maximum Gasteiger partial charge on any atom is 0.272 e. The highest BCUT2D eigenvalue weighted by atomic mass is 16.5. The van der Waals surface area contributed by atoms with Crippen LogP contribution in [0.3, 0.4) is 0 Å². The summed E-state index contributed by atoms with van der Waals surface area (Å²) in [5.74, 6) is -0.225. The summed E-state index contributed by atoms with van der Waals surface area (Å²) in [7, 11) is 1.80. The second kappa shape index (κ2) is 8.30. The van der Waals surface area contributed by atoms with Crippen LogP contribution in [0, 0.1) is 6.92 Å². The van der Waals surface area contributed by atoms with Crippen molar-refractivity contribution in [3.05, 3.63) is 46.5 Å². The lowest BCUT2D eigenvalue weighted by Crippen LogP contribution is -2.38. The smallest absolute Gasteiger partial charge is 0.272 e. The van der Waals surface area contributed by atoms with Crippen LogP contribution in [0.1, 0.15) is 39.9 Å². The number of ether oxygens (including phenoxy) is 1. The van der Waals surface area contributed by atoms with Gasteiger partial charge in [-0.3, -0.25) is 19.3 Å². The summed E-state index contributed by atoms with van der Waals surface area (Å²) in [6, 6.07) is 3.76. The molecule has 2 aromatic heterocycles. The van der Waals surface area contributed by atoms with Crippen molar-refractivity contribution in [3.8, 4) is 0 Å². The summed E-state index contributed by atoms with van der Waals surface area (Å²) in [5, 5.41) is 7.05. The molecule has 0 saturated heterocycles. The topological polar surface area (TPSA) is 89.4 Å². The van der Waals surface area contributed by atoms with Gasteiger partial charge in [0.1, 0.15) is 12.3 Å². The third-order valence-corrected chi connectivity index (χ3v) is 4.68. The molecular formula is C19H25N5O3. The van der Waals surface area contributed by atoms with E-state index in [0.717, 1.165) is 28.9 Å². The number of hydrogen-bond acceptors (Lipinski definition) is 5. The fraction of sp³-hybridized carbons (Fsp3) is 0.474. The van der Waals surface area contributed by atoms with Crippen LogP contribution >= 0.6 is 0 Å². The lowest BCUT2D eigenvalue weighted by Gasteiger charge is -2.28. The zero-order chi connectivity index (χ0) is 19.4. The van der Waals surface area contributed by atoms with Crippen LogP contribution in [-0.2, 0) is 36.1 Å². The van der Waals surface area contributed by atoms with Crippen LogP contribution in [0.5, 0.6) is 0 Å². The van der Waals surface area contributed by atoms with Crippen molar-refractivity contribution < 1.29 is 14.3 Å². The number of carbonyl (C=O) groups is 2. The first-order chi connectivity index (χ1) is 13.0. The summed E-state index contributed by atoms with van der Waals surface area (Å²) in [6.07, 6.45) is 2.51. The van der Waals surface area contributed by atoms with E-state index < -0.39 is 0 Å². The van der Waals surface area contributed by atoms with Gasteiger partial charge in [-0.05, 0) is 37.1 Å². The Kier molecular flexibility index (Phi) is 5.85. The third-order valence-electron chi connectivity index (χ3n) is 4.68. The van der Waals surface area contributed by atoms with E-state index >= 15 is 0 Å². The predicted molar refractivity (Wildman–Crippen MR) is 99.0 cm³/mol. The van der Waals surface area contributed by atoms with E-state index in [1.807, 2.05) is 19.9 Å². The van der Waals surface area contributed by atoms with Crippen molar-refractivity contribution in [2.75, 3.05) is 19.8 Å². The first-order valence-corrected chi connectivity index (χ1v) is 9.09. The number of aromatic nitrogens is 3. The molecule has 0 aromatic carbocycles. The summed E-state index contributed by atoms with van der Waals surface area (Å²) in [5.41, 5.74) is 4.24. The van der Waals surface area contributed by atoms with Crippen LogP contribution in [0.2, 0.25) is 0 Å². The lowest BCUT2D eigenvalue weighted by molar-refractivity contribution is -0.136. The molecule has 0 unspecified atom stereocenters. The SMILES string of the molecule is CCOCC(=O)N1CCc2ncc(CNC(=O)c3cc(C)n(C)n3)cc2C1. The number of nitrogens with one attached hydrogen (secondary N) is 1. The van der Waals surface area contributed by atoms with E-state index in [0.29, 0.717) is 31.9 Å². The predicted octanol–water partition coefficient (Wildman–Crippen LogP) is 0.975. The van der Waals surface area contributed by atoms with Crippen molar-refractivity contribution >= 4 is 11.8 Å². The molecule has 8 heteroatoms. The summed E-state index contributed by atoms with van der Waals surface area (Å²) < 4.78 is 6.89. The molecule has 1 N–H and O–H groups in total. The molecule has 0 saturated carbocycles. The van der Waals surface area contributed by atoms with Crippen LogP contribution in [0.25, 0.3) is 0 Å². The Bertz CT molecular complexity index is 826. The lowest BCUT2D eigenvalue weighted by atomic mass is 10.0. The molecule has 144 valence electrons. The molecule has 27 heavy (non-hydrogen) atoms. The van der Waals surface area contributed by atoms with Crippen LogP contribution in [0.15, 0.2) is 18.3 Å². The van der Waals surface area contributed by atoms with Gasteiger partial charge in [0.05, 0.1) is 0 Å². The quantitative estimate of drug-likeness (QED) is 0.817. The van der Waals surface area contributed by atoms with Gasteiger partial charge in [0.25, 0.3) is 5.91 Å². The first kappa shape index (κ1) is 19.0. The highest BCUT2D eigenvalue weighted by Gasteiger charge is 2.22. The number of aryl methyl sites for hydroxylation is 2. The number of rotatable bonds is 6. The number of hydrogen-bond donors (Lipinski definition) is 1. The van der Waals surface area contributed by atoms with Crippen molar-refractivity contribution in [2.45, 2.75) is 33.4 Å². The van der Waals surface area contributed by atoms with Gasteiger partial charge in [0.2, 0.25) is 5.91 Å². The number of pyridine rings is 1. The van der Waals surface area contributed by atoms with Crippen LogP contribution in [0.4, 0.5) is 0 Å². The molecule has 2 amide bonds. The van der Waals surface area contributed by atoms with Gasteiger partial charge in [0.15, 0.2) is 0 Å². The Labute approximate surface area is 158 Å². The third kappa shape index (κ3) is 4.51. The molecule has 3 rings (SSSR count). The van der Waals surface area contributed by atoms with Gasteiger partial charge in [-0.2, -0.15) is 5.10 Å². The monoisotopic (exact) mass is 371 g/mol. The zero-order valence-electron chi connectivity index (χ0n) is 16.0. The van der Waals surface area contributed by atoms with Crippen molar-refractivity contribution in [3.63, 3.8) is 0 Å². The van der Waals surface area contributed by atoms with Crippen LogP contribution < -0.4 is 5.32 Å². The van der Waals surface area contributed by atoms with Gasteiger partial charge in [-0.1, -0.05) is 0 Å². The Morgan fingerprint density at radius 3 is 2.85 bits per heavy atom. The Hall–Kier alpha value is -2.74. The molecule has 0 spiro atoms. The second-order valence-electron chi connectivity index (χ2n) is 6.63.